The predicted molar refractivity (Wildman–Crippen MR) is 100 cm³/mol. The van der Waals surface area contributed by atoms with Gasteiger partial charge in [-0.1, -0.05) is 12.1 Å². The quantitative estimate of drug-likeness (QED) is 0.203. The topological polar surface area (TPSA) is 209 Å². The van der Waals surface area contributed by atoms with Gasteiger partial charge in [-0.05, 0) is 5.56 Å². The summed E-state index contributed by atoms with van der Waals surface area (Å²) < 4.78 is 0. The van der Waals surface area contributed by atoms with Crippen molar-refractivity contribution in [2.45, 2.75) is 30.7 Å². The van der Waals surface area contributed by atoms with Gasteiger partial charge in [-0.3, -0.25) is 19.7 Å². The first kappa shape index (κ1) is 24.8. The normalized spacial score (nSPS) is 12.4. The molecule has 2 amide bonds. The van der Waals surface area contributed by atoms with Crippen molar-refractivity contribution in [1.29, 1.82) is 0 Å². The van der Waals surface area contributed by atoms with E-state index < -0.39 is 47.3 Å². The number of nitro benzene ring substituents is 1. The van der Waals surface area contributed by atoms with Gasteiger partial charge in [-0.25, -0.2) is 0 Å². The molecule has 5 N–H and O–H groups in total. The molecular weight excluding hydrogens is 420 g/mol. The van der Waals surface area contributed by atoms with E-state index in [0.717, 1.165) is 5.56 Å². The number of hydrogen-bond donors (Lipinski definition) is 3. The number of non-ortho nitro benzene ring substituents is 1. The summed E-state index contributed by atoms with van der Waals surface area (Å²) in [5, 5.41) is 36.4. The Labute approximate surface area is 175 Å². The molecule has 0 saturated carbocycles. The Morgan fingerprint density at radius 2 is 1.77 bits per heavy atom. The van der Waals surface area contributed by atoms with E-state index in [-0.39, 0.29) is 24.3 Å². The van der Waals surface area contributed by atoms with Crippen LogP contribution in [-0.4, -0.2) is 53.1 Å². The first-order valence-corrected chi connectivity index (χ1v) is 9.87. The van der Waals surface area contributed by atoms with Crippen molar-refractivity contribution in [1.82, 2.24) is 10.6 Å². The van der Waals surface area contributed by atoms with E-state index in [1.807, 2.05) is 0 Å². The third kappa shape index (κ3) is 9.34. The minimum absolute atomic E-state index is 0.0594. The van der Waals surface area contributed by atoms with Gasteiger partial charge in [0, 0.05) is 36.5 Å². The first-order valence-electron chi connectivity index (χ1n) is 8.72. The summed E-state index contributed by atoms with van der Waals surface area (Å²) in [6, 6.07) is 3.64. The number of rotatable bonds is 13. The van der Waals surface area contributed by atoms with E-state index in [9.17, 15) is 39.5 Å². The molecule has 0 aromatic heterocycles. The van der Waals surface area contributed by atoms with E-state index >= 15 is 0 Å². The molecule has 164 valence electrons. The van der Waals surface area contributed by atoms with Gasteiger partial charge in [0.15, 0.2) is 0 Å². The zero-order valence-corrected chi connectivity index (χ0v) is 16.6. The molecule has 0 aliphatic rings. The van der Waals surface area contributed by atoms with Crippen LogP contribution >= 0.6 is 11.8 Å². The Morgan fingerprint density at radius 3 is 2.30 bits per heavy atom. The van der Waals surface area contributed by atoms with Crippen molar-refractivity contribution in [2.24, 2.45) is 0 Å². The van der Waals surface area contributed by atoms with Gasteiger partial charge in [0.05, 0.1) is 23.4 Å². The van der Waals surface area contributed by atoms with Crippen LogP contribution in [0.2, 0.25) is 0 Å². The zero-order valence-electron chi connectivity index (χ0n) is 15.8. The Balaban J connectivity index is 2.64. The van der Waals surface area contributed by atoms with Gasteiger partial charge in [0.2, 0.25) is 11.8 Å². The van der Waals surface area contributed by atoms with Crippen molar-refractivity contribution in [3.05, 3.63) is 39.9 Å². The molecule has 0 aliphatic heterocycles. The van der Waals surface area contributed by atoms with E-state index in [4.69, 9.17) is 0 Å². The summed E-state index contributed by atoms with van der Waals surface area (Å²) in [6.45, 7) is -0.732. The molecule has 1 aromatic carbocycles. The van der Waals surface area contributed by atoms with Gasteiger partial charge in [-0.15, -0.1) is 0 Å². The minimum Gasteiger partial charge on any atom is -0.548 e. The number of amides is 2. The lowest BCUT2D eigenvalue weighted by molar-refractivity contribution is -0.438. The number of carboxylic acid groups (broad SMARTS) is 2. The van der Waals surface area contributed by atoms with E-state index in [1.54, 1.807) is 12.1 Å². The standard InChI is InChI=1S/C17H22N4O8S/c18-12(17(26)27)5-6-14(22)20-13(16(25)19-7-15(23)24)9-30-8-10-1-3-11(4-2-10)21(28)29/h1-4,12-13H,5-9,18H2,(H,19,25)(H,20,22)(H,23,24)(H,26,27)/p-1/t12-,13-/m0/s1. The minimum atomic E-state index is -1.50. The van der Waals surface area contributed by atoms with Crippen LogP contribution in [0, 0.1) is 10.1 Å². The summed E-state index contributed by atoms with van der Waals surface area (Å²) in [4.78, 5) is 55.5. The van der Waals surface area contributed by atoms with Crippen molar-refractivity contribution < 1.29 is 40.0 Å². The van der Waals surface area contributed by atoms with Crippen molar-refractivity contribution >= 4 is 41.2 Å². The fourth-order valence-electron chi connectivity index (χ4n) is 2.16. The number of carboxylic acids is 2. The largest absolute Gasteiger partial charge is 0.548 e. The van der Waals surface area contributed by atoms with Crippen LogP contribution in [0.3, 0.4) is 0 Å². The second-order valence-electron chi connectivity index (χ2n) is 6.20. The lowest BCUT2D eigenvalue weighted by atomic mass is 10.1. The number of carbonyl (C=O) groups is 4. The van der Waals surface area contributed by atoms with Gasteiger partial charge in [-0.2, -0.15) is 11.8 Å². The Kier molecular flexibility index (Phi) is 10.3. The van der Waals surface area contributed by atoms with Crippen LogP contribution in [0.4, 0.5) is 5.69 Å². The molecule has 2 atom stereocenters. The molecule has 0 aliphatic carbocycles. The third-order valence-corrected chi connectivity index (χ3v) is 4.92. The smallest absolute Gasteiger partial charge is 0.269 e. The van der Waals surface area contributed by atoms with Crippen LogP contribution < -0.4 is 26.6 Å². The number of quaternary nitrogens is 1. The van der Waals surface area contributed by atoms with Crippen LogP contribution in [-0.2, 0) is 24.9 Å². The van der Waals surface area contributed by atoms with E-state index in [1.165, 1.54) is 23.9 Å². The van der Waals surface area contributed by atoms with Crippen molar-refractivity contribution in [3.8, 4) is 0 Å². The number of benzene rings is 1. The molecule has 13 heteroatoms. The second-order valence-corrected chi connectivity index (χ2v) is 7.23. The number of aliphatic carboxylic acids is 2. The molecule has 0 radical (unpaired) electrons. The summed E-state index contributed by atoms with van der Waals surface area (Å²) in [5.41, 5.74) is 4.02. The van der Waals surface area contributed by atoms with E-state index in [0.29, 0.717) is 5.75 Å². The predicted octanol–water partition coefficient (Wildman–Crippen LogP) is -3.68. The van der Waals surface area contributed by atoms with Crippen molar-refractivity contribution in [2.75, 3.05) is 12.3 Å². The summed E-state index contributed by atoms with van der Waals surface area (Å²) in [7, 11) is 0. The van der Waals surface area contributed by atoms with E-state index in [2.05, 4.69) is 16.4 Å². The van der Waals surface area contributed by atoms with Crippen LogP contribution in [0.25, 0.3) is 0 Å². The molecule has 0 spiro atoms. The lowest BCUT2D eigenvalue weighted by Crippen LogP contribution is -2.68. The molecule has 0 fully saturated rings. The summed E-state index contributed by atoms with van der Waals surface area (Å²) in [5.74, 6) is -3.78. The van der Waals surface area contributed by atoms with Gasteiger partial charge >= 0.3 is 0 Å². The Hall–Kier alpha value is -3.19. The first-order chi connectivity index (χ1) is 14.1. The van der Waals surface area contributed by atoms with Crippen LogP contribution in [0.1, 0.15) is 18.4 Å². The molecule has 1 aromatic rings. The number of hydrogen-bond acceptors (Lipinski definition) is 9. The van der Waals surface area contributed by atoms with Crippen molar-refractivity contribution in [3.63, 3.8) is 0 Å². The number of thioether (sulfide) groups is 1. The number of nitro groups is 1. The van der Waals surface area contributed by atoms with Gasteiger partial charge in [0.25, 0.3) is 5.69 Å². The average Bonchev–Trinajstić information content (AvgIpc) is 2.69. The zero-order chi connectivity index (χ0) is 22.7. The fraction of sp³-hybridized carbons (Fsp3) is 0.412. The highest BCUT2D eigenvalue weighted by Crippen LogP contribution is 2.17. The number of carbonyl (C=O) groups excluding carboxylic acids is 4. The molecule has 0 saturated heterocycles. The molecule has 0 bridgehead atoms. The number of nitrogens with zero attached hydrogens (tertiary/aromatic N) is 1. The molecule has 0 heterocycles. The molecular formula is C17H21N4O8S-. The average molecular weight is 441 g/mol. The number of nitrogens with one attached hydrogen (secondary N) is 2. The van der Waals surface area contributed by atoms with Gasteiger partial charge in [0.1, 0.15) is 12.1 Å². The van der Waals surface area contributed by atoms with Gasteiger partial charge < -0.3 is 36.2 Å². The van der Waals surface area contributed by atoms with Crippen LogP contribution in [0.5, 0.6) is 0 Å². The highest BCUT2D eigenvalue weighted by molar-refractivity contribution is 7.98. The highest BCUT2D eigenvalue weighted by atomic mass is 32.2. The summed E-state index contributed by atoms with van der Waals surface area (Å²) >= 11 is 1.24. The highest BCUT2D eigenvalue weighted by Gasteiger charge is 2.21. The third-order valence-electron chi connectivity index (χ3n) is 3.81. The Bertz CT molecular complexity index is 786. The Morgan fingerprint density at radius 1 is 1.13 bits per heavy atom. The maximum absolute atomic E-state index is 12.2. The second kappa shape index (κ2) is 12.4. The monoisotopic (exact) mass is 441 g/mol. The molecule has 30 heavy (non-hydrogen) atoms. The molecule has 1 rings (SSSR count). The lowest BCUT2D eigenvalue weighted by Gasteiger charge is -2.19. The maximum atomic E-state index is 12.2. The molecule has 0 unspecified atom stereocenters. The fourth-order valence-corrected chi connectivity index (χ4v) is 3.18. The SMILES string of the molecule is [NH3+][C@@H](CCC(=O)N[C@@H](CSCc1ccc([N+](=O)[O-])cc1)C(=O)NCC(=O)[O-])C(=O)[O-]. The summed E-state index contributed by atoms with van der Waals surface area (Å²) in [6.07, 6.45) is -0.295. The maximum Gasteiger partial charge on any atom is 0.269 e. The molecule has 12 nitrogen and oxygen atoms in total. The van der Waals surface area contributed by atoms with Crippen LogP contribution in [0.15, 0.2) is 24.3 Å².